The number of hydrogen-bond donors (Lipinski definition) is 2. The fourth-order valence-corrected chi connectivity index (χ4v) is 5.01. The zero-order chi connectivity index (χ0) is 23.9. The van der Waals surface area contributed by atoms with Gasteiger partial charge < -0.3 is 24.8 Å². The molecular weight excluding hydrogens is 442 g/mol. The molecule has 2 N–H and O–H groups in total. The van der Waals surface area contributed by atoms with Crippen LogP contribution in [0.3, 0.4) is 0 Å². The molecular formula is C26H35N7O2. The van der Waals surface area contributed by atoms with Gasteiger partial charge in [0.05, 0.1) is 12.9 Å². The Morgan fingerprint density at radius 2 is 1.86 bits per heavy atom. The third-order valence-corrected chi connectivity index (χ3v) is 6.86. The molecule has 0 unspecified atom stereocenters. The van der Waals surface area contributed by atoms with Gasteiger partial charge >= 0.3 is 0 Å². The number of benzene rings is 1. The number of rotatable bonds is 11. The van der Waals surface area contributed by atoms with Crippen molar-refractivity contribution in [2.75, 3.05) is 43.4 Å². The standard InChI is InChI=1S/C26H35N7O2/c34-22-13-7-16-32(22)17-8-14-28-26-30-24(27-15-18-35-21-11-5-2-6-12-21)23-25(31-26)33(19-29-23)20-9-3-1-4-10-20/h2,5-6,11-12,19-20H,1,3-4,7-10,13-18H2,(H2,27,28,30,31). The summed E-state index contributed by atoms with van der Waals surface area (Å²) in [6, 6.07) is 10.2. The summed E-state index contributed by atoms with van der Waals surface area (Å²) in [4.78, 5) is 28.1. The Hall–Kier alpha value is -3.36. The van der Waals surface area contributed by atoms with E-state index in [1.165, 1.54) is 19.3 Å². The Kier molecular flexibility index (Phi) is 7.60. The molecule has 1 saturated heterocycles. The summed E-state index contributed by atoms with van der Waals surface area (Å²) in [5.74, 6) is 2.43. The number of carbonyl (C=O) groups is 1. The van der Waals surface area contributed by atoms with E-state index < -0.39 is 0 Å². The molecule has 0 radical (unpaired) electrons. The van der Waals surface area contributed by atoms with Gasteiger partial charge in [0.25, 0.3) is 0 Å². The van der Waals surface area contributed by atoms with Crippen LogP contribution in [0.25, 0.3) is 11.2 Å². The number of carbonyl (C=O) groups excluding carboxylic acids is 1. The van der Waals surface area contributed by atoms with Crippen LogP contribution in [0.15, 0.2) is 36.7 Å². The van der Waals surface area contributed by atoms with Gasteiger partial charge in [-0.1, -0.05) is 37.5 Å². The van der Waals surface area contributed by atoms with Crippen LogP contribution >= 0.6 is 0 Å². The monoisotopic (exact) mass is 477 g/mol. The smallest absolute Gasteiger partial charge is 0.226 e. The maximum Gasteiger partial charge on any atom is 0.226 e. The highest BCUT2D eigenvalue weighted by Gasteiger charge is 2.21. The molecule has 3 aromatic rings. The van der Waals surface area contributed by atoms with Crippen LogP contribution < -0.4 is 15.4 Å². The molecule has 1 aromatic carbocycles. The summed E-state index contributed by atoms with van der Waals surface area (Å²) in [6.07, 6.45) is 10.6. The predicted molar refractivity (Wildman–Crippen MR) is 137 cm³/mol. The Morgan fingerprint density at radius 3 is 2.66 bits per heavy atom. The second-order valence-corrected chi connectivity index (χ2v) is 9.36. The summed E-state index contributed by atoms with van der Waals surface area (Å²) in [6.45, 7) is 3.49. The van der Waals surface area contributed by atoms with Crippen molar-refractivity contribution in [3.05, 3.63) is 36.7 Å². The molecule has 2 fully saturated rings. The van der Waals surface area contributed by atoms with Crippen LogP contribution in [-0.4, -0.2) is 63.1 Å². The summed E-state index contributed by atoms with van der Waals surface area (Å²) in [5.41, 5.74) is 1.67. The summed E-state index contributed by atoms with van der Waals surface area (Å²) >= 11 is 0. The van der Waals surface area contributed by atoms with Crippen molar-refractivity contribution in [1.82, 2.24) is 24.4 Å². The number of amides is 1. The minimum atomic E-state index is 0.267. The first-order chi connectivity index (χ1) is 17.3. The lowest BCUT2D eigenvalue weighted by Crippen LogP contribution is -2.27. The van der Waals surface area contributed by atoms with Gasteiger partial charge in [0.1, 0.15) is 12.4 Å². The van der Waals surface area contributed by atoms with E-state index in [1.807, 2.05) is 41.6 Å². The van der Waals surface area contributed by atoms with Crippen LogP contribution in [0.2, 0.25) is 0 Å². The number of imidazole rings is 1. The van der Waals surface area contributed by atoms with E-state index in [0.717, 1.165) is 61.5 Å². The molecule has 1 aliphatic carbocycles. The van der Waals surface area contributed by atoms with Crippen molar-refractivity contribution in [2.45, 2.75) is 57.4 Å². The first-order valence-electron chi connectivity index (χ1n) is 13.0. The van der Waals surface area contributed by atoms with Gasteiger partial charge in [-0.2, -0.15) is 9.97 Å². The Morgan fingerprint density at radius 1 is 1.00 bits per heavy atom. The second-order valence-electron chi connectivity index (χ2n) is 9.36. The maximum absolute atomic E-state index is 11.9. The predicted octanol–water partition coefficient (Wildman–Crippen LogP) is 4.25. The van der Waals surface area contributed by atoms with Crippen molar-refractivity contribution >= 4 is 28.8 Å². The molecule has 0 spiro atoms. The average molecular weight is 478 g/mol. The first-order valence-corrected chi connectivity index (χ1v) is 13.0. The molecule has 1 amide bonds. The van der Waals surface area contributed by atoms with Gasteiger partial charge in [0.15, 0.2) is 17.0 Å². The number of anilines is 2. The fourth-order valence-electron chi connectivity index (χ4n) is 5.01. The third-order valence-electron chi connectivity index (χ3n) is 6.86. The molecule has 3 heterocycles. The van der Waals surface area contributed by atoms with E-state index in [2.05, 4.69) is 15.2 Å². The minimum absolute atomic E-state index is 0.267. The second kappa shape index (κ2) is 11.4. The zero-order valence-corrected chi connectivity index (χ0v) is 20.3. The van der Waals surface area contributed by atoms with Gasteiger partial charge in [-0.15, -0.1) is 0 Å². The van der Waals surface area contributed by atoms with Gasteiger partial charge in [-0.05, 0) is 37.8 Å². The Balaban J connectivity index is 1.27. The highest BCUT2D eigenvalue weighted by Crippen LogP contribution is 2.32. The number of hydrogen-bond acceptors (Lipinski definition) is 7. The van der Waals surface area contributed by atoms with E-state index in [9.17, 15) is 4.79 Å². The van der Waals surface area contributed by atoms with E-state index in [4.69, 9.17) is 19.7 Å². The number of nitrogens with one attached hydrogen (secondary N) is 2. The highest BCUT2D eigenvalue weighted by molar-refractivity contribution is 5.84. The van der Waals surface area contributed by atoms with Crippen LogP contribution in [0, 0.1) is 0 Å². The number of para-hydroxylation sites is 1. The molecule has 2 aromatic heterocycles. The first kappa shape index (κ1) is 23.4. The molecule has 186 valence electrons. The van der Waals surface area contributed by atoms with Crippen LogP contribution in [0.5, 0.6) is 5.75 Å². The summed E-state index contributed by atoms with van der Waals surface area (Å²) < 4.78 is 8.06. The molecule has 0 atom stereocenters. The summed E-state index contributed by atoms with van der Waals surface area (Å²) in [7, 11) is 0. The SMILES string of the molecule is O=C1CCCN1CCCNc1nc(NCCOc2ccccc2)c2ncn(C3CCCCC3)c2n1. The molecule has 0 bridgehead atoms. The van der Waals surface area contributed by atoms with E-state index in [1.54, 1.807) is 0 Å². The molecule has 2 aliphatic rings. The molecule has 35 heavy (non-hydrogen) atoms. The van der Waals surface area contributed by atoms with Crippen molar-refractivity contribution in [3.8, 4) is 5.75 Å². The average Bonchev–Trinajstić information content (AvgIpc) is 3.51. The lowest BCUT2D eigenvalue weighted by Gasteiger charge is -2.23. The molecule has 9 heteroatoms. The van der Waals surface area contributed by atoms with Gasteiger partial charge in [0.2, 0.25) is 11.9 Å². The Labute approximate surface area is 206 Å². The quantitative estimate of drug-likeness (QED) is 0.399. The number of ether oxygens (including phenoxy) is 1. The van der Waals surface area contributed by atoms with Gasteiger partial charge in [-0.25, -0.2) is 4.98 Å². The number of aromatic nitrogens is 4. The van der Waals surface area contributed by atoms with Crippen LogP contribution in [0.4, 0.5) is 11.8 Å². The largest absolute Gasteiger partial charge is 0.492 e. The number of likely N-dealkylation sites (tertiary alicyclic amines) is 1. The molecule has 5 rings (SSSR count). The highest BCUT2D eigenvalue weighted by atomic mass is 16.5. The molecule has 9 nitrogen and oxygen atoms in total. The zero-order valence-electron chi connectivity index (χ0n) is 20.3. The van der Waals surface area contributed by atoms with E-state index >= 15 is 0 Å². The Bertz CT molecular complexity index is 1110. The van der Waals surface area contributed by atoms with Crippen molar-refractivity contribution in [3.63, 3.8) is 0 Å². The summed E-state index contributed by atoms with van der Waals surface area (Å²) in [5, 5.41) is 6.79. The lowest BCUT2D eigenvalue weighted by molar-refractivity contribution is -0.127. The minimum Gasteiger partial charge on any atom is -0.492 e. The van der Waals surface area contributed by atoms with Crippen molar-refractivity contribution < 1.29 is 9.53 Å². The van der Waals surface area contributed by atoms with Crippen LogP contribution in [0.1, 0.15) is 57.4 Å². The number of fused-ring (bicyclic) bond motifs is 1. The molecule has 1 aliphatic heterocycles. The third kappa shape index (κ3) is 5.83. The normalized spacial score (nSPS) is 16.7. The van der Waals surface area contributed by atoms with Crippen LogP contribution in [-0.2, 0) is 4.79 Å². The van der Waals surface area contributed by atoms with E-state index in [-0.39, 0.29) is 5.91 Å². The van der Waals surface area contributed by atoms with Crippen molar-refractivity contribution in [2.24, 2.45) is 0 Å². The van der Waals surface area contributed by atoms with Gasteiger partial charge in [0, 0.05) is 32.1 Å². The topological polar surface area (TPSA) is 97.2 Å². The fraction of sp³-hybridized carbons (Fsp3) is 0.538. The van der Waals surface area contributed by atoms with E-state index in [0.29, 0.717) is 38.1 Å². The van der Waals surface area contributed by atoms with Gasteiger partial charge in [-0.3, -0.25) is 4.79 Å². The van der Waals surface area contributed by atoms with Crippen molar-refractivity contribution in [1.29, 1.82) is 0 Å². The lowest BCUT2D eigenvalue weighted by atomic mass is 9.95. The maximum atomic E-state index is 11.9. The number of nitrogens with zero attached hydrogens (tertiary/aromatic N) is 5. The molecule has 1 saturated carbocycles.